The van der Waals surface area contributed by atoms with E-state index in [1.807, 2.05) is 43.3 Å². The molecule has 2 aliphatic heterocycles. The van der Waals surface area contributed by atoms with Crippen LogP contribution in [0.1, 0.15) is 33.9 Å². The fraction of sp³-hybridized carbons (Fsp3) is 0.300. The van der Waals surface area contributed by atoms with Gasteiger partial charge in [0.05, 0.1) is 9.79 Å². The summed E-state index contributed by atoms with van der Waals surface area (Å²) in [5.41, 5.74) is 4.56. The van der Waals surface area contributed by atoms with Crippen molar-refractivity contribution in [2.24, 2.45) is 0 Å². The third kappa shape index (κ3) is 10.5. The van der Waals surface area contributed by atoms with Gasteiger partial charge in [0.15, 0.2) is 0 Å². The highest BCUT2D eigenvalue weighted by atomic mass is 79.9. The summed E-state index contributed by atoms with van der Waals surface area (Å²) in [6, 6.07) is 29.8. The monoisotopic (exact) mass is 940 g/mol. The molecule has 0 atom stereocenters. The average molecular weight is 942 g/mol. The van der Waals surface area contributed by atoms with Gasteiger partial charge in [-0.1, -0.05) is 87.2 Å². The number of piperazine rings is 2. The average Bonchev–Trinajstić information content (AvgIpc) is 3.90. The Morgan fingerprint density at radius 3 is 1.33 bits per heavy atom. The van der Waals surface area contributed by atoms with Gasteiger partial charge in [0.25, 0.3) is 0 Å². The van der Waals surface area contributed by atoms with Crippen LogP contribution in [0.2, 0.25) is 5.02 Å². The summed E-state index contributed by atoms with van der Waals surface area (Å²) >= 11 is 12.0. The van der Waals surface area contributed by atoms with Crippen LogP contribution in [0.15, 0.2) is 111 Å². The van der Waals surface area contributed by atoms with Gasteiger partial charge in [-0.2, -0.15) is 17.4 Å². The normalized spacial score (nSPS) is 15.6. The molecule has 0 saturated carbocycles. The van der Waals surface area contributed by atoms with Crippen molar-refractivity contribution in [1.29, 1.82) is 0 Å². The Labute approximate surface area is 361 Å². The predicted molar refractivity (Wildman–Crippen MR) is 235 cm³/mol. The van der Waals surface area contributed by atoms with Gasteiger partial charge in [0.1, 0.15) is 11.6 Å². The Bertz CT molecular complexity index is 2330. The molecular weight excluding hydrogens is 900 g/mol. The van der Waals surface area contributed by atoms with Crippen LogP contribution in [0.25, 0.3) is 0 Å². The summed E-state index contributed by atoms with van der Waals surface area (Å²) < 4.78 is 64.3. The van der Waals surface area contributed by atoms with E-state index in [9.17, 15) is 16.8 Å². The van der Waals surface area contributed by atoms with Crippen LogP contribution in [-0.4, -0.2) is 96.5 Å². The number of anilines is 2. The summed E-state index contributed by atoms with van der Waals surface area (Å²) in [6.07, 6.45) is 1.35. The lowest BCUT2D eigenvalue weighted by Gasteiger charge is -2.33. The number of sulfonamides is 2. The van der Waals surface area contributed by atoms with E-state index in [2.05, 4.69) is 75.6 Å². The van der Waals surface area contributed by atoms with Crippen molar-refractivity contribution in [1.82, 2.24) is 27.3 Å². The van der Waals surface area contributed by atoms with Crippen molar-refractivity contribution in [3.8, 4) is 0 Å². The van der Waals surface area contributed by atoms with Gasteiger partial charge in [-0.15, -0.1) is 0 Å². The number of halogens is 2. The van der Waals surface area contributed by atoms with Crippen molar-refractivity contribution in [3.63, 3.8) is 0 Å². The largest absolute Gasteiger partial charge is 0.344 e. The molecule has 2 fully saturated rings. The molecule has 304 valence electrons. The molecule has 4 heterocycles. The molecule has 2 saturated heterocycles. The molecule has 6 aromatic rings. The minimum Gasteiger partial charge on any atom is -0.344 e. The second kappa shape index (κ2) is 18.6. The Balaban J connectivity index is 0.000000177. The first-order valence-corrected chi connectivity index (χ1v) is 24.2. The first kappa shape index (κ1) is 42.3. The smallest absolute Gasteiger partial charge is 0.243 e. The van der Waals surface area contributed by atoms with E-state index < -0.39 is 20.0 Å². The van der Waals surface area contributed by atoms with Crippen molar-refractivity contribution in [3.05, 3.63) is 140 Å². The van der Waals surface area contributed by atoms with E-state index in [1.54, 1.807) is 45.0 Å². The quantitative estimate of drug-likeness (QED) is 0.138. The molecule has 12 nitrogen and oxygen atoms in total. The van der Waals surface area contributed by atoms with Crippen molar-refractivity contribution in [2.75, 3.05) is 62.2 Å². The van der Waals surface area contributed by atoms with E-state index in [4.69, 9.17) is 11.6 Å². The lowest BCUT2D eigenvalue weighted by molar-refractivity contribution is 0.384. The van der Waals surface area contributed by atoms with Crippen LogP contribution in [0.5, 0.6) is 0 Å². The minimum atomic E-state index is -3.47. The van der Waals surface area contributed by atoms with Crippen molar-refractivity contribution in [2.45, 2.75) is 36.5 Å². The SMILES string of the molecule is Cc1ccc(Cc2nsc(N3CCN(S(=O)(=O)c4ccc(Br)cc4)CC3)n2)cc1.Cc1ccc(S(=O)(=O)N2CCN(c3nc(Cc4ccc(Cl)cc4)ns3)CC2)cc1. The first-order chi connectivity index (χ1) is 27.8. The van der Waals surface area contributed by atoms with Gasteiger partial charge >= 0.3 is 0 Å². The fourth-order valence-corrected chi connectivity index (χ4v) is 11.1. The molecule has 18 heteroatoms. The van der Waals surface area contributed by atoms with Gasteiger partial charge in [-0.25, -0.2) is 26.8 Å². The first-order valence-electron chi connectivity index (χ1n) is 18.6. The van der Waals surface area contributed by atoms with Gasteiger partial charge in [0, 0.05) is 97.8 Å². The molecule has 2 aromatic heterocycles. The molecule has 0 spiro atoms. The fourth-order valence-electron chi connectivity index (χ4n) is 6.42. The molecule has 0 N–H and O–H groups in total. The number of hydrogen-bond acceptors (Lipinski definition) is 12. The second-order valence-electron chi connectivity index (χ2n) is 14.0. The number of aryl methyl sites for hydroxylation is 2. The highest BCUT2D eigenvalue weighted by Crippen LogP contribution is 2.26. The van der Waals surface area contributed by atoms with Crippen molar-refractivity contribution < 1.29 is 16.8 Å². The van der Waals surface area contributed by atoms with Crippen LogP contribution < -0.4 is 9.80 Å². The zero-order valence-electron chi connectivity index (χ0n) is 31.9. The molecule has 2 aliphatic rings. The summed E-state index contributed by atoms with van der Waals surface area (Å²) in [4.78, 5) is 14.2. The number of aromatic nitrogens is 4. The number of rotatable bonds is 10. The molecule has 0 bridgehead atoms. The second-order valence-corrected chi connectivity index (χ2v) is 20.7. The zero-order chi connectivity index (χ0) is 40.9. The van der Waals surface area contributed by atoms with Gasteiger partial charge < -0.3 is 9.80 Å². The molecule has 0 amide bonds. The highest BCUT2D eigenvalue weighted by Gasteiger charge is 2.31. The molecule has 0 aliphatic carbocycles. The maximum Gasteiger partial charge on any atom is 0.243 e. The van der Waals surface area contributed by atoms with E-state index in [-0.39, 0.29) is 0 Å². The van der Waals surface area contributed by atoms with Crippen LogP contribution >= 0.6 is 50.6 Å². The summed E-state index contributed by atoms with van der Waals surface area (Å²) in [5, 5.41) is 2.40. The molecule has 0 radical (unpaired) electrons. The summed E-state index contributed by atoms with van der Waals surface area (Å²) in [5.74, 6) is 1.57. The van der Waals surface area contributed by atoms with E-state index in [0.717, 1.165) is 37.5 Å². The lowest BCUT2D eigenvalue weighted by atomic mass is 10.1. The molecule has 0 unspecified atom stereocenters. The Kier molecular flexibility index (Phi) is 13.6. The van der Waals surface area contributed by atoms with Gasteiger partial charge in [-0.3, -0.25) is 0 Å². The predicted octanol–water partition coefficient (Wildman–Crippen LogP) is 7.31. The standard InChI is InChI=1S/C20H21BrN4O2S2.C20H21ClN4O2S2/c1-15-2-4-16(5-3-15)14-19-22-20(28-23-19)24-10-12-25(13-11-24)29(26,27)18-8-6-17(21)7-9-18;1-15-2-8-18(9-3-15)29(26,27)25-12-10-24(11-13-25)20-22-19(23-28-20)14-16-4-6-17(21)7-5-16/h2*2-9H,10-14H2,1H3. The molecule has 58 heavy (non-hydrogen) atoms. The Hall–Kier alpha value is -3.81. The summed E-state index contributed by atoms with van der Waals surface area (Å²) in [7, 11) is -6.93. The van der Waals surface area contributed by atoms with E-state index in [0.29, 0.717) is 80.0 Å². The third-order valence-corrected chi connectivity index (χ3v) is 16.0. The Morgan fingerprint density at radius 2 is 0.914 bits per heavy atom. The van der Waals surface area contributed by atoms with Gasteiger partial charge in [-0.05, 0) is 73.5 Å². The van der Waals surface area contributed by atoms with Crippen LogP contribution in [-0.2, 0) is 32.9 Å². The van der Waals surface area contributed by atoms with E-state index >= 15 is 0 Å². The molecule has 8 rings (SSSR count). The number of hydrogen-bond donors (Lipinski definition) is 0. The Morgan fingerprint density at radius 1 is 0.552 bits per heavy atom. The lowest BCUT2D eigenvalue weighted by Crippen LogP contribution is -2.48. The maximum atomic E-state index is 12.8. The van der Waals surface area contributed by atoms with E-state index in [1.165, 1.54) is 34.2 Å². The minimum absolute atomic E-state index is 0.324. The number of nitrogens with zero attached hydrogens (tertiary/aromatic N) is 8. The highest BCUT2D eigenvalue weighted by molar-refractivity contribution is 9.10. The third-order valence-electron chi connectivity index (χ3n) is 9.80. The summed E-state index contributed by atoms with van der Waals surface area (Å²) in [6.45, 7) is 8.16. The van der Waals surface area contributed by atoms with Crippen LogP contribution in [0.3, 0.4) is 0 Å². The number of benzene rings is 4. The molecular formula is C40H42BrClN8O4S4. The van der Waals surface area contributed by atoms with Crippen molar-refractivity contribution >= 4 is 80.9 Å². The maximum absolute atomic E-state index is 12.8. The topological polar surface area (TPSA) is 133 Å². The van der Waals surface area contributed by atoms with Gasteiger partial charge in [0.2, 0.25) is 30.3 Å². The van der Waals surface area contributed by atoms with Crippen LogP contribution in [0.4, 0.5) is 10.3 Å². The zero-order valence-corrected chi connectivity index (χ0v) is 37.5. The molecule has 4 aromatic carbocycles. The van der Waals surface area contributed by atoms with Crippen LogP contribution in [0, 0.1) is 13.8 Å².